The SMILES string of the molecule is O=C1Nc2nc(Cl)ccc2[C@]12N[C@@H](CO)C[C@@H]2c1cccc(Cl)c1F. The highest BCUT2D eigenvalue weighted by Crippen LogP contribution is 2.51. The molecule has 0 unspecified atom stereocenters. The van der Waals surface area contributed by atoms with E-state index < -0.39 is 17.3 Å². The van der Waals surface area contributed by atoms with Crippen molar-refractivity contribution in [2.75, 3.05) is 11.9 Å². The molecule has 3 N–H and O–H groups in total. The van der Waals surface area contributed by atoms with Crippen molar-refractivity contribution in [3.63, 3.8) is 0 Å². The Kier molecular flexibility index (Phi) is 3.96. The van der Waals surface area contributed by atoms with Crippen LogP contribution >= 0.6 is 23.2 Å². The maximum Gasteiger partial charge on any atom is 0.251 e. The summed E-state index contributed by atoms with van der Waals surface area (Å²) in [5, 5.41) is 15.8. The Morgan fingerprint density at radius 2 is 2.12 bits per heavy atom. The molecule has 1 spiro atoms. The van der Waals surface area contributed by atoms with Crippen molar-refractivity contribution in [3.05, 3.63) is 57.5 Å². The summed E-state index contributed by atoms with van der Waals surface area (Å²) in [6, 6.07) is 7.64. The van der Waals surface area contributed by atoms with Crippen LogP contribution in [-0.2, 0) is 10.3 Å². The summed E-state index contributed by atoms with van der Waals surface area (Å²) < 4.78 is 14.7. The van der Waals surface area contributed by atoms with Gasteiger partial charge in [0.1, 0.15) is 22.3 Å². The van der Waals surface area contributed by atoms with E-state index in [4.69, 9.17) is 23.2 Å². The second kappa shape index (κ2) is 5.92. The summed E-state index contributed by atoms with van der Waals surface area (Å²) in [6.45, 7) is -0.177. The molecule has 0 aliphatic carbocycles. The van der Waals surface area contributed by atoms with Gasteiger partial charge in [-0.15, -0.1) is 0 Å². The summed E-state index contributed by atoms with van der Waals surface area (Å²) in [7, 11) is 0. The Labute approximate surface area is 153 Å². The Balaban J connectivity index is 1.92. The van der Waals surface area contributed by atoms with Crippen LogP contribution in [0.25, 0.3) is 0 Å². The number of anilines is 1. The van der Waals surface area contributed by atoms with Crippen LogP contribution in [0.5, 0.6) is 0 Å². The maximum absolute atomic E-state index is 14.7. The number of fused-ring (bicyclic) bond motifs is 2. The van der Waals surface area contributed by atoms with Crippen LogP contribution in [0.15, 0.2) is 30.3 Å². The minimum atomic E-state index is -1.23. The number of nitrogens with zero attached hydrogens (tertiary/aromatic N) is 1. The number of aliphatic hydroxyl groups excluding tert-OH is 1. The van der Waals surface area contributed by atoms with Gasteiger partial charge in [0.05, 0.1) is 11.6 Å². The van der Waals surface area contributed by atoms with Crippen LogP contribution in [0.3, 0.4) is 0 Å². The van der Waals surface area contributed by atoms with Crippen molar-refractivity contribution in [1.82, 2.24) is 10.3 Å². The molecule has 1 amide bonds. The van der Waals surface area contributed by atoms with Gasteiger partial charge in [0.25, 0.3) is 5.91 Å². The zero-order valence-electron chi connectivity index (χ0n) is 12.9. The molecular weight excluding hydrogens is 368 g/mol. The van der Waals surface area contributed by atoms with Gasteiger partial charge in [-0.25, -0.2) is 9.37 Å². The highest BCUT2D eigenvalue weighted by molar-refractivity contribution is 6.30. The molecule has 1 fully saturated rings. The molecular formula is C17H14Cl2FN3O2. The molecule has 1 aromatic carbocycles. The zero-order chi connectivity index (χ0) is 17.8. The van der Waals surface area contributed by atoms with Crippen LogP contribution in [0.2, 0.25) is 10.2 Å². The van der Waals surface area contributed by atoms with Crippen molar-refractivity contribution < 1.29 is 14.3 Å². The number of halogens is 3. The van der Waals surface area contributed by atoms with Crippen LogP contribution in [0.4, 0.5) is 10.2 Å². The van der Waals surface area contributed by atoms with Crippen molar-refractivity contribution >= 4 is 34.9 Å². The molecule has 4 rings (SSSR count). The minimum Gasteiger partial charge on any atom is -0.395 e. The molecule has 1 aromatic heterocycles. The molecule has 5 nitrogen and oxygen atoms in total. The normalized spacial score (nSPS) is 27.6. The van der Waals surface area contributed by atoms with Crippen molar-refractivity contribution in [2.45, 2.75) is 23.9 Å². The van der Waals surface area contributed by atoms with E-state index in [1.165, 1.54) is 6.07 Å². The number of hydrogen-bond donors (Lipinski definition) is 3. The molecule has 3 atom stereocenters. The van der Waals surface area contributed by atoms with Gasteiger partial charge in [-0.3, -0.25) is 10.1 Å². The monoisotopic (exact) mass is 381 g/mol. The number of nitrogens with one attached hydrogen (secondary N) is 2. The number of aromatic nitrogens is 1. The first-order valence-corrected chi connectivity index (χ1v) is 8.54. The van der Waals surface area contributed by atoms with Gasteiger partial charge in [0.2, 0.25) is 0 Å². The fourth-order valence-electron chi connectivity index (χ4n) is 3.88. The lowest BCUT2D eigenvalue weighted by atomic mass is 9.76. The Bertz CT molecular complexity index is 879. The first kappa shape index (κ1) is 16.7. The second-order valence-corrected chi connectivity index (χ2v) is 7.04. The molecule has 0 radical (unpaired) electrons. The lowest BCUT2D eigenvalue weighted by Gasteiger charge is -2.30. The quantitative estimate of drug-likeness (QED) is 0.699. The lowest BCUT2D eigenvalue weighted by molar-refractivity contribution is -0.122. The molecule has 130 valence electrons. The van der Waals surface area contributed by atoms with Crippen molar-refractivity contribution in [3.8, 4) is 0 Å². The van der Waals surface area contributed by atoms with Crippen LogP contribution in [0, 0.1) is 5.82 Å². The number of rotatable bonds is 2. The number of carbonyl (C=O) groups is 1. The fourth-order valence-corrected chi connectivity index (χ4v) is 4.21. The summed E-state index contributed by atoms with van der Waals surface area (Å²) in [5.74, 6) is -1.11. The van der Waals surface area contributed by atoms with E-state index in [9.17, 15) is 14.3 Å². The number of pyridine rings is 1. The van der Waals surface area contributed by atoms with Gasteiger partial charge in [0, 0.05) is 17.5 Å². The number of amides is 1. The molecule has 1 saturated heterocycles. The topological polar surface area (TPSA) is 74.2 Å². The third kappa shape index (κ3) is 2.36. The summed E-state index contributed by atoms with van der Waals surface area (Å²) >= 11 is 11.9. The molecule has 2 aliphatic heterocycles. The lowest BCUT2D eigenvalue weighted by Crippen LogP contribution is -2.49. The van der Waals surface area contributed by atoms with E-state index in [-0.39, 0.29) is 28.7 Å². The van der Waals surface area contributed by atoms with Gasteiger partial charge in [0.15, 0.2) is 0 Å². The average Bonchev–Trinajstić information content (AvgIpc) is 3.10. The third-order valence-electron chi connectivity index (χ3n) is 4.93. The molecule has 0 bridgehead atoms. The van der Waals surface area contributed by atoms with Crippen LogP contribution < -0.4 is 10.6 Å². The van der Waals surface area contributed by atoms with Gasteiger partial charge in [-0.2, -0.15) is 0 Å². The Morgan fingerprint density at radius 1 is 1.32 bits per heavy atom. The molecule has 3 heterocycles. The number of benzene rings is 1. The van der Waals surface area contributed by atoms with Gasteiger partial charge in [-0.05, 0) is 30.2 Å². The van der Waals surface area contributed by atoms with Gasteiger partial charge in [-0.1, -0.05) is 35.3 Å². The smallest absolute Gasteiger partial charge is 0.251 e. The highest BCUT2D eigenvalue weighted by atomic mass is 35.5. The highest BCUT2D eigenvalue weighted by Gasteiger charge is 2.59. The third-order valence-corrected chi connectivity index (χ3v) is 5.43. The van der Waals surface area contributed by atoms with E-state index in [2.05, 4.69) is 15.6 Å². The number of aliphatic hydroxyl groups is 1. The van der Waals surface area contributed by atoms with E-state index in [0.717, 1.165) is 0 Å². The fraction of sp³-hybridized carbons (Fsp3) is 0.294. The van der Waals surface area contributed by atoms with Crippen molar-refractivity contribution in [1.29, 1.82) is 0 Å². The Morgan fingerprint density at radius 3 is 2.88 bits per heavy atom. The van der Waals surface area contributed by atoms with Gasteiger partial charge < -0.3 is 10.4 Å². The van der Waals surface area contributed by atoms with Gasteiger partial charge >= 0.3 is 0 Å². The van der Waals surface area contributed by atoms with Crippen LogP contribution in [-0.4, -0.2) is 28.6 Å². The molecule has 2 aliphatic rings. The largest absolute Gasteiger partial charge is 0.395 e. The van der Waals surface area contributed by atoms with Crippen LogP contribution in [0.1, 0.15) is 23.5 Å². The number of carbonyl (C=O) groups excluding carboxylic acids is 1. The molecule has 25 heavy (non-hydrogen) atoms. The molecule has 0 saturated carbocycles. The molecule has 2 aromatic rings. The first-order chi connectivity index (χ1) is 12.0. The molecule has 8 heteroatoms. The second-order valence-electron chi connectivity index (χ2n) is 6.25. The standard InChI is InChI=1S/C17H14Cl2FN3O2/c18-12-3-1-2-9(14(12)20)11-6-8(7-24)23-17(11)10-4-5-13(19)21-15(10)22-16(17)25/h1-5,8,11,23-24H,6-7H2,(H,21,22,25)/t8-,11-,17-/m1/s1. The maximum atomic E-state index is 14.7. The first-order valence-electron chi connectivity index (χ1n) is 7.78. The summed E-state index contributed by atoms with van der Waals surface area (Å²) in [4.78, 5) is 17.1. The predicted molar refractivity (Wildman–Crippen MR) is 92.3 cm³/mol. The minimum absolute atomic E-state index is 0.00652. The average molecular weight is 382 g/mol. The zero-order valence-corrected chi connectivity index (χ0v) is 14.4. The summed E-state index contributed by atoms with van der Waals surface area (Å²) in [6.07, 6.45) is 0.378. The number of hydrogen-bond acceptors (Lipinski definition) is 4. The predicted octanol–water partition coefficient (Wildman–Crippen LogP) is 2.81. The summed E-state index contributed by atoms with van der Waals surface area (Å²) in [5.41, 5.74) is -0.317. The van der Waals surface area contributed by atoms with E-state index >= 15 is 0 Å². The Hall–Kier alpha value is -1.73. The van der Waals surface area contributed by atoms with E-state index in [0.29, 0.717) is 23.4 Å². The van der Waals surface area contributed by atoms with Crippen molar-refractivity contribution in [2.24, 2.45) is 0 Å². The van der Waals surface area contributed by atoms with E-state index in [1.54, 1.807) is 24.3 Å². The van der Waals surface area contributed by atoms with E-state index in [1.807, 2.05) is 0 Å².